The van der Waals surface area contributed by atoms with E-state index in [0.29, 0.717) is 21.6 Å². The zero-order chi connectivity index (χ0) is 25.4. The van der Waals surface area contributed by atoms with Crippen molar-refractivity contribution in [3.63, 3.8) is 0 Å². The van der Waals surface area contributed by atoms with Crippen LogP contribution in [0.25, 0.3) is 0 Å². The highest BCUT2D eigenvalue weighted by atomic mass is 32.2. The molecular weight excluding hydrogens is 481 g/mol. The fraction of sp³-hybridized carbons (Fsp3) is 0.571. The van der Waals surface area contributed by atoms with Crippen LogP contribution in [0.1, 0.15) is 74.9 Å². The molecule has 0 amide bonds. The van der Waals surface area contributed by atoms with Crippen molar-refractivity contribution in [2.24, 2.45) is 0 Å². The second-order valence-electron chi connectivity index (χ2n) is 8.83. The molecule has 1 aromatic heterocycles. The van der Waals surface area contributed by atoms with Crippen molar-refractivity contribution < 1.29 is 36.5 Å². The number of sulfonamides is 1. The number of hydrogen-bond acceptors (Lipinski definition) is 7. The van der Waals surface area contributed by atoms with E-state index in [2.05, 4.69) is 14.4 Å². The van der Waals surface area contributed by atoms with Gasteiger partial charge in [-0.25, -0.2) is 13.4 Å². The number of alkyl halides is 3. The molecule has 0 spiro atoms. The molecule has 0 saturated carbocycles. The number of rotatable bonds is 9. The molecule has 1 unspecified atom stereocenters. The fourth-order valence-electron chi connectivity index (χ4n) is 3.28. The number of nitrogens with one attached hydrogen (secondary N) is 1. The van der Waals surface area contributed by atoms with Gasteiger partial charge in [0.2, 0.25) is 4.34 Å². The van der Waals surface area contributed by atoms with Crippen LogP contribution in [0.3, 0.4) is 0 Å². The van der Waals surface area contributed by atoms with E-state index in [1.54, 1.807) is 27.7 Å². The van der Waals surface area contributed by atoms with Gasteiger partial charge < -0.3 is 14.9 Å². The third-order valence-corrected chi connectivity index (χ3v) is 7.94. The van der Waals surface area contributed by atoms with E-state index >= 15 is 0 Å². The van der Waals surface area contributed by atoms with Gasteiger partial charge in [-0.05, 0) is 54.5 Å². The minimum atomic E-state index is -4.85. The van der Waals surface area contributed by atoms with E-state index in [9.17, 15) is 31.8 Å². The monoisotopic (exact) mass is 510 g/mol. The molecule has 1 atom stereocenters. The molecule has 1 heterocycles. The Balaban J connectivity index is 2.37. The minimum absolute atomic E-state index is 0.170. The Morgan fingerprint density at radius 3 is 2.03 bits per heavy atom. The van der Waals surface area contributed by atoms with Crippen LogP contribution in [0.5, 0.6) is 5.75 Å². The lowest BCUT2D eigenvalue weighted by Gasteiger charge is -2.24. The van der Waals surface area contributed by atoms with Crippen LogP contribution >= 0.6 is 11.3 Å². The molecule has 0 saturated heterocycles. The summed E-state index contributed by atoms with van der Waals surface area (Å²) in [6.07, 6.45) is -5.34. The average molecular weight is 511 g/mol. The summed E-state index contributed by atoms with van der Waals surface area (Å²) in [6, 6.07) is 2.52. The Kier molecular flexibility index (Phi) is 8.23. The summed E-state index contributed by atoms with van der Waals surface area (Å²) in [4.78, 5) is 4.16. The number of ether oxygens (including phenoxy) is 1. The van der Waals surface area contributed by atoms with E-state index in [0.717, 1.165) is 11.3 Å². The van der Waals surface area contributed by atoms with Gasteiger partial charge in [-0.15, -0.1) is 24.5 Å². The van der Waals surface area contributed by atoms with Crippen molar-refractivity contribution in [2.45, 2.75) is 82.3 Å². The van der Waals surface area contributed by atoms with Gasteiger partial charge >= 0.3 is 6.36 Å². The number of halogens is 3. The SMILES string of the molecule is CC(C)c1cc(OC(F)(F)F)cc(C(C)C)c1CC(O)NS(=O)(=O)c1ncc(C(C)(C)O)s1. The topological polar surface area (TPSA) is 109 Å². The summed E-state index contributed by atoms with van der Waals surface area (Å²) in [5.41, 5.74) is 0.290. The summed E-state index contributed by atoms with van der Waals surface area (Å²) in [7, 11) is -4.19. The molecule has 0 aliphatic heterocycles. The molecule has 2 rings (SSSR count). The molecule has 1 aromatic carbocycles. The predicted octanol–water partition coefficient (Wildman–Crippen LogP) is 4.36. The highest BCUT2D eigenvalue weighted by Crippen LogP contribution is 2.35. The number of hydrogen-bond donors (Lipinski definition) is 3. The van der Waals surface area contributed by atoms with Gasteiger partial charge in [0.05, 0.1) is 10.5 Å². The summed E-state index contributed by atoms with van der Waals surface area (Å²) in [5.74, 6) is -0.798. The van der Waals surface area contributed by atoms with Crippen molar-refractivity contribution in [1.82, 2.24) is 9.71 Å². The molecule has 0 bridgehead atoms. The van der Waals surface area contributed by atoms with Crippen LogP contribution in [0.2, 0.25) is 0 Å². The van der Waals surface area contributed by atoms with Crippen LogP contribution in [0, 0.1) is 0 Å². The summed E-state index contributed by atoms with van der Waals surface area (Å²) in [6.45, 7) is 10.1. The standard InChI is InChI=1S/C21H29F3N2O5S2/c1-11(2)14-7-13(31-21(22,23)24)8-15(12(3)4)16(14)9-18(27)26-33(29,30)19-25-10-17(32-19)20(5,6)28/h7-8,10-12,18,26-28H,9H2,1-6H3. The first-order valence-electron chi connectivity index (χ1n) is 10.2. The maximum absolute atomic E-state index is 12.8. The molecule has 0 aliphatic carbocycles. The van der Waals surface area contributed by atoms with Gasteiger partial charge in [-0.3, -0.25) is 0 Å². The van der Waals surface area contributed by atoms with Gasteiger partial charge in [0.1, 0.15) is 12.0 Å². The lowest BCUT2D eigenvalue weighted by atomic mass is 9.86. The molecular formula is C21H29F3N2O5S2. The molecule has 186 valence electrons. The minimum Gasteiger partial charge on any atom is -0.406 e. The molecule has 12 heteroatoms. The summed E-state index contributed by atoms with van der Waals surface area (Å²) >= 11 is 0.773. The lowest BCUT2D eigenvalue weighted by Crippen LogP contribution is -2.36. The molecule has 3 N–H and O–H groups in total. The van der Waals surface area contributed by atoms with E-state index in [4.69, 9.17) is 0 Å². The van der Waals surface area contributed by atoms with Gasteiger partial charge in [0, 0.05) is 12.6 Å². The smallest absolute Gasteiger partial charge is 0.406 e. The van der Waals surface area contributed by atoms with Gasteiger partial charge in [-0.2, -0.15) is 4.72 Å². The van der Waals surface area contributed by atoms with Crippen molar-refractivity contribution in [3.05, 3.63) is 39.9 Å². The maximum atomic E-state index is 12.8. The molecule has 0 fully saturated rings. The lowest BCUT2D eigenvalue weighted by molar-refractivity contribution is -0.274. The normalized spacial score (nSPS) is 14.2. The Bertz CT molecular complexity index is 1050. The van der Waals surface area contributed by atoms with Crippen LogP contribution in [-0.4, -0.2) is 36.2 Å². The van der Waals surface area contributed by atoms with E-state index in [1.165, 1.54) is 32.2 Å². The second-order valence-corrected chi connectivity index (χ2v) is 11.7. The number of aromatic nitrogens is 1. The molecule has 7 nitrogen and oxygen atoms in total. The molecule has 33 heavy (non-hydrogen) atoms. The van der Waals surface area contributed by atoms with Crippen molar-refractivity contribution in [2.75, 3.05) is 0 Å². The number of aliphatic hydroxyl groups excluding tert-OH is 1. The highest BCUT2D eigenvalue weighted by molar-refractivity contribution is 7.91. The molecule has 0 aliphatic rings. The maximum Gasteiger partial charge on any atom is 0.573 e. The van der Waals surface area contributed by atoms with Gasteiger partial charge in [0.25, 0.3) is 10.0 Å². The van der Waals surface area contributed by atoms with Gasteiger partial charge in [-0.1, -0.05) is 27.7 Å². The zero-order valence-corrected chi connectivity index (χ0v) is 20.8. The number of nitrogens with zero attached hydrogens (tertiary/aromatic N) is 1. The number of benzene rings is 1. The van der Waals surface area contributed by atoms with Gasteiger partial charge in [0.15, 0.2) is 0 Å². The fourth-order valence-corrected chi connectivity index (χ4v) is 5.51. The first kappa shape index (κ1) is 27.5. The Morgan fingerprint density at radius 1 is 1.12 bits per heavy atom. The third kappa shape index (κ3) is 7.38. The Morgan fingerprint density at radius 2 is 1.64 bits per heavy atom. The first-order chi connectivity index (χ1) is 14.9. The quantitative estimate of drug-likeness (QED) is 0.433. The zero-order valence-electron chi connectivity index (χ0n) is 19.2. The predicted molar refractivity (Wildman–Crippen MR) is 119 cm³/mol. The largest absolute Gasteiger partial charge is 0.573 e. The summed E-state index contributed by atoms with van der Waals surface area (Å²) < 4.78 is 69.6. The summed E-state index contributed by atoms with van der Waals surface area (Å²) in [5, 5.41) is 20.6. The Labute approximate surface area is 195 Å². The Hall–Kier alpha value is -1.73. The second kappa shape index (κ2) is 9.87. The van der Waals surface area contributed by atoms with Crippen LogP contribution in [0.4, 0.5) is 13.2 Å². The van der Waals surface area contributed by atoms with Crippen molar-refractivity contribution in [3.8, 4) is 5.75 Å². The highest BCUT2D eigenvalue weighted by Gasteiger charge is 2.32. The van der Waals surface area contributed by atoms with Crippen molar-refractivity contribution in [1.29, 1.82) is 0 Å². The van der Waals surface area contributed by atoms with E-state index in [1.807, 2.05) is 0 Å². The van der Waals surface area contributed by atoms with Crippen LogP contribution in [0.15, 0.2) is 22.7 Å². The van der Waals surface area contributed by atoms with E-state index < -0.39 is 28.2 Å². The number of aliphatic hydroxyl groups is 2. The molecule has 0 radical (unpaired) electrons. The van der Waals surface area contributed by atoms with Crippen LogP contribution in [-0.2, 0) is 22.0 Å². The average Bonchev–Trinajstić information content (AvgIpc) is 3.12. The van der Waals surface area contributed by atoms with Crippen molar-refractivity contribution >= 4 is 21.4 Å². The third-order valence-electron chi connectivity index (χ3n) is 4.78. The van der Waals surface area contributed by atoms with E-state index in [-0.39, 0.29) is 28.3 Å². The van der Waals surface area contributed by atoms with Crippen LogP contribution < -0.4 is 9.46 Å². The number of thiazole rings is 1. The molecule has 2 aromatic rings. The first-order valence-corrected chi connectivity index (χ1v) is 12.5.